The first kappa shape index (κ1) is 15.3. The summed E-state index contributed by atoms with van der Waals surface area (Å²) in [6.45, 7) is 4.50. The van der Waals surface area contributed by atoms with Crippen molar-refractivity contribution in [3.05, 3.63) is 58.3 Å². The highest BCUT2D eigenvalue weighted by Crippen LogP contribution is 2.14. The number of hydrogen-bond donors (Lipinski definition) is 1. The van der Waals surface area contributed by atoms with E-state index in [1.54, 1.807) is 17.4 Å². The summed E-state index contributed by atoms with van der Waals surface area (Å²) in [5, 5.41) is 4.84. The van der Waals surface area contributed by atoms with Gasteiger partial charge in [-0.1, -0.05) is 18.2 Å². The lowest BCUT2D eigenvalue weighted by molar-refractivity contribution is -0.116. The molecule has 2 aromatic rings. The van der Waals surface area contributed by atoms with E-state index in [9.17, 15) is 4.79 Å². The number of carbonyl (C=O) groups excluding carboxylic acids is 1. The molecule has 3 nitrogen and oxygen atoms in total. The average molecular weight is 301 g/mol. The predicted octanol–water partition coefficient (Wildman–Crippen LogP) is 3.86. The quantitative estimate of drug-likeness (QED) is 0.823. The van der Waals surface area contributed by atoms with Crippen LogP contribution in [0.15, 0.2) is 47.9 Å². The maximum atomic E-state index is 11.7. The third-order valence-electron chi connectivity index (χ3n) is 2.70. The molecule has 110 valence electrons. The van der Waals surface area contributed by atoms with E-state index < -0.39 is 0 Å². The highest BCUT2D eigenvalue weighted by molar-refractivity contribution is 7.10. The van der Waals surface area contributed by atoms with Crippen molar-refractivity contribution in [1.82, 2.24) is 5.32 Å². The van der Waals surface area contributed by atoms with Gasteiger partial charge in [-0.2, -0.15) is 0 Å². The number of hydrogen-bond acceptors (Lipinski definition) is 3. The molecule has 0 radical (unpaired) electrons. The summed E-state index contributed by atoms with van der Waals surface area (Å²) in [5.41, 5.74) is 1.05. The van der Waals surface area contributed by atoms with E-state index in [2.05, 4.69) is 5.32 Å². The molecule has 1 amide bonds. The minimum atomic E-state index is -0.0918. The van der Waals surface area contributed by atoms with Crippen molar-refractivity contribution in [1.29, 1.82) is 0 Å². The number of carbonyl (C=O) groups is 1. The lowest BCUT2D eigenvalue weighted by Crippen LogP contribution is -2.20. The fraction of sp³-hybridized carbons (Fsp3) is 0.235. The number of rotatable bonds is 6. The zero-order chi connectivity index (χ0) is 15.1. The Bertz CT molecular complexity index is 586. The highest BCUT2D eigenvalue weighted by atomic mass is 32.1. The molecule has 0 atom stereocenters. The van der Waals surface area contributed by atoms with E-state index in [1.165, 1.54) is 0 Å². The summed E-state index contributed by atoms with van der Waals surface area (Å²) >= 11 is 1.61. The molecule has 1 aromatic heterocycles. The van der Waals surface area contributed by atoms with Crippen molar-refractivity contribution < 1.29 is 9.53 Å². The summed E-state index contributed by atoms with van der Waals surface area (Å²) in [4.78, 5) is 12.8. The van der Waals surface area contributed by atoms with Gasteiger partial charge in [-0.3, -0.25) is 4.79 Å². The second-order valence-corrected chi connectivity index (χ2v) is 5.86. The Morgan fingerprint density at radius 3 is 2.67 bits per heavy atom. The van der Waals surface area contributed by atoms with Crippen molar-refractivity contribution in [2.45, 2.75) is 26.5 Å². The van der Waals surface area contributed by atoms with E-state index in [1.807, 2.05) is 61.7 Å². The average Bonchev–Trinajstić information content (AvgIpc) is 2.97. The van der Waals surface area contributed by atoms with Gasteiger partial charge in [-0.05, 0) is 49.1 Å². The first-order valence-electron chi connectivity index (χ1n) is 6.88. The molecule has 0 spiro atoms. The molecule has 0 aliphatic heterocycles. The molecule has 2 rings (SSSR count). The molecule has 0 unspecified atom stereocenters. The van der Waals surface area contributed by atoms with Crippen LogP contribution in [0.25, 0.3) is 6.08 Å². The van der Waals surface area contributed by atoms with Crippen LogP contribution in [0, 0.1) is 0 Å². The van der Waals surface area contributed by atoms with Crippen molar-refractivity contribution in [2.24, 2.45) is 0 Å². The van der Waals surface area contributed by atoms with Gasteiger partial charge in [0.2, 0.25) is 5.91 Å². The number of thiophene rings is 1. The van der Waals surface area contributed by atoms with Crippen LogP contribution in [-0.2, 0) is 11.3 Å². The second-order valence-electron chi connectivity index (χ2n) is 4.88. The molecule has 4 heteroatoms. The van der Waals surface area contributed by atoms with Crippen LogP contribution in [0.4, 0.5) is 0 Å². The zero-order valence-electron chi connectivity index (χ0n) is 12.2. The Morgan fingerprint density at radius 1 is 1.29 bits per heavy atom. The maximum Gasteiger partial charge on any atom is 0.244 e. The van der Waals surface area contributed by atoms with Crippen LogP contribution in [0.1, 0.15) is 24.3 Å². The van der Waals surface area contributed by atoms with Crippen LogP contribution in [0.2, 0.25) is 0 Å². The number of amides is 1. The molecule has 0 aliphatic rings. The first-order valence-corrected chi connectivity index (χ1v) is 7.76. The van der Waals surface area contributed by atoms with Crippen molar-refractivity contribution in [3.8, 4) is 5.75 Å². The van der Waals surface area contributed by atoms with Gasteiger partial charge in [0.1, 0.15) is 5.75 Å². The number of nitrogens with one attached hydrogen (secondary N) is 1. The molecule has 0 saturated carbocycles. The van der Waals surface area contributed by atoms with E-state index in [0.717, 1.165) is 16.2 Å². The molecule has 0 fully saturated rings. The van der Waals surface area contributed by atoms with E-state index >= 15 is 0 Å². The Balaban J connectivity index is 1.81. The molecular weight excluding hydrogens is 282 g/mol. The summed E-state index contributed by atoms with van der Waals surface area (Å²) in [6, 6.07) is 11.7. The third kappa shape index (κ3) is 5.44. The SMILES string of the molecule is CC(C)Oc1ccc(CNC(=O)/C=C/c2cccs2)cc1. The molecule has 1 aromatic carbocycles. The number of ether oxygens (including phenoxy) is 1. The summed E-state index contributed by atoms with van der Waals surface area (Å²) in [5.74, 6) is 0.753. The second kappa shape index (κ2) is 7.64. The third-order valence-corrected chi connectivity index (χ3v) is 3.54. The molecule has 0 bridgehead atoms. The Kier molecular flexibility index (Phi) is 5.58. The Labute approximate surface area is 129 Å². The van der Waals surface area contributed by atoms with E-state index in [4.69, 9.17) is 4.74 Å². The van der Waals surface area contributed by atoms with Gasteiger partial charge in [-0.25, -0.2) is 0 Å². The Morgan fingerprint density at radius 2 is 2.05 bits per heavy atom. The highest BCUT2D eigenvalue weighted by Gasteiger charge is 2.00. The number of benzene rings is 1. The molecule has 1 heterocycles. The first-order chi connectivity index (χ1) is 10.1. The van der Waals surface area contributed by atoms with Crippen molar-refractivity contribution >= 4 is 23.3 Å². The lowest BCUT2D eigenvalue weighted by atomic mass is 10.2. The zero-order valence-corrected chi connectivity index (χ0v) is 13.0. The van der Waals surface area contributed by atoms with Crippen LogP contribution in [0.3, 0.4) is 0 Å². The molecule has 0 saturated heterocycles. The smallest absolute Gasteiger partial charge is 0.244 e. The van der Waals surface area contributed by atoms with Gasteiger partial charge >= 0.3 is 0 Å². The predicted molar refractivity (Wildman–Crippen MR) is 87.4 cm³/mol. The largest absolute Gasteiger partial charge is 0.491 e. The molecule has 21 heavy (non-hydrogen) atoms. The monoisotopic (exact) mass is 301 g/mol. The van der Waals surface area contributed by atoms with E-state index in [0.29, 0.717) is 6.54 Å². The van der Waals surface area contributed by atoms with Crippen molar-refractivity contribution in [3.63, 3.8) is 0 Å². The molecular formula is C17H19NO2S. The van der Waals surface area contributed by atoms with Gasteiger partial charge in [0.15, 0.2) is 0 Å². The topological polar surface area (TPSA) is 38.3 Å². The van der Waals surface area contributed by atoms with Crippen LogP contribution in [-0.4, -0.2) is 12.0 Å². The van der Waals surface area contributed by atoms with Gasteiger partial charge in [0.05, 0.1) is 6.10 Å². The fourth-order valence-corrected chi connectivity index (χ4v) is 2.37. The fourth-order valence-electron chi connectivity index (χ4n) is 1.75. The minimum absolute atomic E-state index is 0.0918. The summed E-state index contributed by atoms with van der Waals surface area (Å²) in [7, 11) is 0. The van der Waals surface area contributed by atoms with E-state index in [-0.39, 0.29) is 12.0 Å². The van der Waals surface area contributed by atoms with Gasteiger partial charge in [-0.15, -0.1) is 11.3 Å². The summed E-state index contributed by atoms with van der Waals surface area (Å²) < 4.78 is 5.58. The van der Waals surface area contributed by atoms with Gasteiger partial charge in [0.25, 0.3) is 0 Å². The van der Waals surface area contributed by atoms with Crippen LogP contribution in [0.5, 0.6) is 5.75 Å². The standard InChI is InChI=1S/C17H19NO2S/c1-13(2)20-15-7-5-14(6-8-15)12-18-17(19)10-9-16-4-3-11-21-16/h3-11,13H,12H2,1-2H3,(H,18,19)/b10-9+. The molecule has 1 N–H and O–H groups in total. The van der Waals surface area contributed by atoms with Gasteiger partial charge < -0.3 is 10.1 Å². The minimum Gasteiger partial charge on any atom is -0.491 e. The Hall–Kier alpha value is -2.07. The normalized spacial score (nSPS) is 11.0. The lowest BCUT2D eigenvalue weighted by Gasteiger charge is -2.10. The molecule has 0 aliphatic carbocycles. The van der Waals surface area contributed by atoms with Crippen LogP contribution < -0.4 is 10.1 Å². The van der Waals surface area contributed by atoms with Crippen molar-refractivity contribution in [2.75, 3.05) is 0 Å². The maximum absolute atomic E-state index is 11.7. The summed E-state index contributed by atoms with van der Waals surface area (Å²) in [6.07, 6.45) is 3.54. The van der Waals surface area contributed by atoms with Gasteiger partial charge in [0, 0.05) is 17.5 Å². The van der Waals surface area contributed by atoms with Crippen LogP contribution >= 0.6 is 11.3 Å².